The molecule has 5 rings (SSSR count). The van der Waals surface area contributed by atoms with E-state index in [0.717, 1.165) is 0 Å². The second-order valence-electron chi connectivity index (χ2n) is 8.40. The van der Waals surface area contributed by atoms with Crippen LogP contribution in [0, 0.1) is 0 Å². The Morgan fingerprint density at radius 3 is 2.29 bits per heavy atom. The molecule has 5 aromatic rings. The highest BCUT2D eigenvalue weighted by Crippen LogP contribution is 2.36. The Kier molecular flexibility index (Phi) is 7.36. The number of benzene rings is 4. The van der Waals surface area contributed by atoms with Crippen LogP contribution in [0.3, 0.4) is 0 Å². The molecule has 1 amide bonds. The molecule has 8 heteroatoms. The van der Waals surface area contributed by atoms with Gasteiger partial charge in [0.25, 0.3) is 5.91 Å². The Hall–Kier alpha value is -4.26. The van der Waals surface area contributed by atoms with E-state index in [1.54, 1.807) is 67.6 Å². The molecular formula is C30H21Cl2NO5. The van der Waals surface area contributed by atoms with Gasteiger partial charge in [0.05, 0.1) is 10.4 Å². The molecule has 1 atom stereocenters. The van der Waals surface area contributed by atoms with Crippen molar-refractivity contribution in [3.63, 3.8) is 0 Å². The molecule has 190 valence electrons. The van der Waals surface area contributed by atoms with Gasteiger partial charge in [0.1, 0.15) is 17.1 Å². The summed E-state index contributed by atoms with van der Waals surface area (Å²) < 4.78 is 17.8. The number of fused-ring (bicyclic) bond motifs is 1. The predicted molar refractivity (Wildman–Crippen MR) is 150 cm³/mol. The smallest absolute Gasteiger partial charge is 0.265 e. The number of anilines is 1. The van der Waals surface area contributed by atoms with Crippen molar-refractivity contribution in [1.29, 1.82) is 0 Å². The molecule has 0 aliphatic carbocycles. The third kappa shape index (κ3) is 5.52. The summed E-state index contributed by atoms with van der Waals surface area (Å²) in [6.45, 7) is 1.54. The fraction of sp³-hybridized carbons (Fsp3) is 0.0667. The molecule has 0 bridgehead atoms. The van der Waals surface area contributed by atoms with Crippen molar-refractivity contribution in [2.45, 2.75) is 13.0 Å². The first-order valence-corrected chi connectivity index (χ1v) is 12.5. The Bertz CT molecular complexity index is 1670. The molecule has 38 heavy (non-hydrogen) atoms. The molecule has 6 nitrogen and oxygen atoms in total. The zero-order chi connectivity index (χ0) is 26.6. The van der Waals surface area contributed by atoms with E-state index in [9.17, 15) is 9.59 Å². The number of carbonyl (C=O) groups excluding carboxylic acids is 1. The number of amides is 1. The summed E-state index contributed by atoms with van der Waals surface area (Å²) in [6, 6.07) is 27.9. The van der Waals surface area contributed by atoms with Crippen LogP contribution in [-0.4, -0.2) is 12.0 Å². The highest BCUT2D eigenvalue weighted by atomic mass is 35.5. The number of rotatable bonds is 7. The Morgan fingerprint density at radius 1 is 0.868 bits per heavy atom. The monoisotopic (exact) mass is 545 g/mol. The van der Waals surface area contributed by atoms with E-state index < -0.39 is 17.4 Å². The molecule has 0 radical (unpaired) electrons. The van der Waals surface area contributed by atoms with Crippen molar-refractivity contribution in [1.82, 2.24) is 0 Å². The molecule has 0 saturated heterocycles. The number of carbonyl (C=O) groups is 1. The molecule has 0 spiro atoms. The van der Waals surface area contributed by atoms with Crippen molar-refractivity contribution in [2.24, 2.45) is 0 Å². The van der Waals surface area contributed by atoms with Gasteiger partial charge in [-0.3, -0.25) is 9.59 Å². The van der Waals surface area contributed by atoms with Crippen LogP contribution in [-0.2, 0) is 4.79 Å². The van der Waals surface area contributed by atoms with E-state index in [1.165, 1.54) is 6.07 Å². The van der Waals surface area contributed by atoms with Gasteiger partial charge in [0, 0.05) is 16.3 Å². The Morgan fingerprint density at radius 2 is 1.55 bits per heavy atom. The number of nitrogens with one attached hydrogen (secondary N) is 1. The molecule has 0 saturated carbocycles. The summed E-state index contributed by atoms with van der Waals surface area (Å²) in [7, 11) is 0. The number of hydrogen-bond donors (Lipinski definition) is 1. The van der Waals surface area contributed by atoms with Gasteiger partial charge in [-0.1, -0.05) is 53.5 Å². The van der Waals surface area contributed by atoms with Gasteiger partial charge in [0.15, 0.2) is 11.9 Å². The molecule has 0 aliphatic rings. The summed E-state index contributed by atoms with van der Waals surface area (Å²) in [5.74, 6) is 0.850. The zero-order valence-electron chi connectivity index (χ0n) is 20.1. The second-order valence-corrected chi connectivity index (χ2v) is 9.24. The lowest BCUT2D eigenvalue weighted by atomic mass is 10.1. The molecule has 1 unspecified atom stereocenters. The summed E-state index contributed by atoms with van der Waals surface area (Å²) in [5.41, 5.74) is 0.844. The first-order chi connectivity index (χ1) is 18.4. The summed E-state index contributed by atoms with van der Waals surface area (Å²) in [6.07, 6.45) is -1.05. The number of halogens is 2. The van der Waals surface area contributed by atoms with Crippen LogP contribution in [0.1, 0.15) is 6.92 Å². The molecule has 1 N–H and O–H groups in total. The van der Waals surface area contributed by atoms with E-state index in [0.29, 0.717) is 38.4 Å². The van der Waals surface area contributed by atoms with Crippen LogP contribution in [0.2, 0.25) is 10.0 Å². The maximum absolute atomic E-state index is 13.5. The van der Waals surface area contributed by atoms with Gasteiger partial charge in [-0.15, -0.1) is 0 Å². The van der Waals surface area contributed by atoms with Gasteiger partial charge in [-0.25, -0.2) is 0 Å². The highest BCUT2D eigenvalue weighted by Gasteiger charge is 2.24. The molecular weight excluding hydrogens is 525 g/mol. The maximum Gasteiger partial charge on any atom is 0.265 e. The van der Waals surface area contributed by atoms with E-state index in [2.05, 4.69) is 5.32 Å². The lowest BCUT2D eigenvalue weighted by Gasteiger charge is -2.17. The number of para-hydroxylation sites is 1. The fourth-order valence-electron chi connectivity index (χ4n) is 3.79. The minimum absolute atomic E-state index is 0.123. The average molecular weight is 546 g/mol. The largest absolute Gasteiger partial charge is 0.473 e. The molecule has 0 fully saturated rings. The topological polar surface area (TPSA) is 77.8 Å². The van der Waals surface area contributed by atoms with Crippen LogP contribution in [0.25, 0.3) is 22.3 Å². The minimum atomic E-state index is -1.05. The summed E-state index contributed by atoms with van der Waals surface area (Å²) in [5, 5.41) is 3.75. The lowest BCUT2D eigenvalue weighted by molar-refractivity contribution is -0.122. The lowest BCUT2D eigenvalue weighted by Crippen LogP contribution is -2.31. The molecule has 4 aromatic carbocycles. The van der Waals surface area contributed by atoms with Gasteiger partial charge in [-0.05, 0) is 73.7 Å². The van der Waals surface area contributed by atoms with E-state index >= 15 is 0 Å². The van der Waals surface area contributed by atoms with Crippen molar-refractivity contribution >= 4 is 45.8 Å². The summed E-state index contributed by atoms with van der Waals surface area (Å²) >= 11 is 12.5. The van der Waals surface area contributed by atoms with Gasteiger partial charge < -0.3 is 19.2 Å². The van der Waals surface area contributed by atoms with Crippen molar-refractivity contribution in [3.8, 4) is 28.6 Å². The Balaban J connectivity index is 1.40. The third-order valence-corrected chi connectivity index (χ3v) is 6.26. The maximum atomic E-state index is 13.5. The molecule has 1 aromatic heterocycles. The highest BCUT2D eigenvalue weighted by molar-refractivity contribution is 6.33. The standard InChI is InChI=1S/C30H21Cl2NO5/c1-18(30(35)33-20-12-14-22(15-13-20)37-21-7-3-2-4-8-21)36-29-27(34)24-17-19(31)11-16-26(24)38-28(29)23-9-5-6-10-25(23)32/h2-18H,1H3,(H,33,35). The minimum Gasteiger partial charge on any atom is -0.473 e. The number of ether oxygens (including phenoxy) is 2. The van der Waals surface area contributed by atoms with E-state index in [1.807, 2.05) is 30.3 Å². The molecule has 0 aliphatic heterocycles. The predicted octanol–water partition coefficient (Wildman–Crippen LogP) is 7.97. The molecule has 1 heterocycles. The van der Waals surface area contributed by atoms with Gasteiger partial charge >= 0.3 is 0 Å². The van der Waals surface area contributed by atoms with Crippen LogP contribution in [0.4, 0.5) is 5.69 Å². The number of hydrogen-bond acceptors (Lipinski definition) is 5. The van der Waals surface area contributed by atoms with Crippen molar-refractivity contribution < 1.29 is 18.7 Å². The zero-order valence-corrected chi connectivity index (χ0v) is 21.6. The third-order valence-electron chi connectivity index (χ3n) is 5.69. The fourth-order valence-corrected chi connectivity index (χ4v) is 4.18. The SMILES string of the molecule is CC(Oc1c(-c2ccccc2Cl)oc2ccc(Cl)cc2c1=O)C(=O)Nc1ccc(Oc2ccccc2)cc1. The average Bonchev–Trinajstić information content (AvgIpc) is 2.92. The second kappa shape index (κ2) is 11.0. The van der Waals surface area contributed by atoms with E-state index in [-0.39, 0.29) is 16.9 Å². The van der Waals surface area contributed by atoms with Crippen LogP contribution >= 0.6 is 23.2 Å². The van der Waals surface area contributed by atoms with Gasteiger partial charge in [-0.2, -0.15) is 0 Å². The first kappa shape index (κ1) is 25.4. The van der Waals surface area contributed by atoms with Crippen molar-refractivity contribution in [3.05, 3.63) is 117 Å². The van der Waals surface area contributed by atoms with Crippen molar-refractivity contribution in [2.75, 3.05) is 5.32 Å². The first-order valence-electron chi connectivity index (χ1n) is 11.7. The van der Waals surface area contributed by atoms with Crippen LogP contribution < -0.4 is 20.2 Å². The summed E-state index contributed by atoms with van der Waals surface area (Å²) in [4.78, 5) is 26.4. The van der Waals surface area contributed by atoms with Gasteiger partial charge in [0.2, 0.25) is 11.2 Å². The Labute approximate surface area is 228 Å². The van der Waals surface area contributed by atoms with Crippen LogP contribution in [0.15, 0.2) is 106 Å². The van der Waals surface area contributed by atoms with Crippen LogP contribution in [0.5, 0.6) is 17.2 Å². The quantitative estimate of drug-likeness (QED) is 0.224. The normalized spacial score (nSPS) is 11.7. The van der Waals surface area contributed by atoms with E-state index in [4.69, 9.17) is 37.1 Å².